The number of hydrogen-bond donors (Lipinski definition) is 2. The summed E-state index contributed by atoms with van der Waals surface area (Å²) >= 11 is 0. The Morgan fingerprint density at radius 1 is 1.06 bits per heavy atom. The highest BCUT2D eigenvalue weighted by Gasteiger charge is 2.34. The molecule has 0 unspecified atom stereocenters. The van der Waals surface area contributed by atoms with Crippen LogP contribution >= 0.6 is 0 Å². The summed E-state index contributed by atoms with van der Waals surface area (Å²) in [4.78, 5) is 47.0. The van der Waals surface area contributed by atoms with Gasteiger partial charge in [-0.15, -0.1) is 0 Å². The summed E-state index contributed by atoms with van der Waals surface area (Å²) in [6.45, 7) is -0.0197. The minimum atomic E-state index is -1.06. The molecule has 1 heterocycles. The Morgan fingerprint density at radius 3 is 2.41 bits per heavy atom. The number of carbonyl (C=O) groups is 3. The molecule has 0 aromatic heterocycles. The first-order chi connectivity index (χ1) is 16.3. The average molecular weight is 459 g/mol. The molecule has 3 aromatic carbocycles. The van der Waals surface area contributed by atoms with Crippen LogP contribution < -0.4 is 15.2 Å². The maximum atomic E-state index is 12.7. The number of anilines is 1. The number of carbonyl (C=O) groups excluding carboxylic acids is 2. The molecule has 1 saturated heterocycles. The Balaban J connectivity index is 1.55. The van der Waals surface area contributed by atoms with Crippen molar-refractivity contribution in [1.29, 1.82) is 0 Å². The lowest BCUT2D eigenvalue weighted by atomic mass is 10.1. The van der Waals surface area contributed by atoms with Gasteiger partial charge in [0.1, 0.15) is 12.2 Å². The first kappa shape index (κ1) is 22.2. The Hall–Kier alpha value is -4.99. The molecule has 0 spiro atoms. The topological polar surface area (TPSA) is 139 Å². The molecule has 1 aliphatic heterocycles. The van der Waals surface area contributed by atoms with Gasteiger partial charge >= 0.3 is 11.7 Å². The maximum absolute atomic E-state index is 12.7. The second kappa shape index (κ2) is 9.25. The zero-order chi connectivity index (χ0) is 24.2. The van der Waals surface area contributed by atoms with Crippen LogP contribution in [0.15, 0.2) is 78.4 Å². The molecule has 3 aromatic rings. The van der Waals surface area contributed by atoms with E-state index in [-0.39, 0.29) is 34.7 Å². The Bertz CT molecular complexity index is 1320. The molecule has 0 bridgehead atoms. The van der Waals surface area contributed by atoms with Crippen molar-refractivity contribution in [3.63, 3.8) is 0 Å². The molecule has 2 N–H and O–H groups in total. The highest BCUT2D eigenvalue weighted by molar-refractivity contribution is 6.31. The number of ether oxygens (including phenoxy) is 1. The number of aromatic carboxylic acids is 1. The van der Waals surface area contributed by atoms with Gasteiger partial charge in [0.05, 0.1) is 16.2 Å². The van der Waals surface area contributed by atoms with Crippen molar-refractivity contribution in [2.75, 3.05) is 5.01 Å². The van der Waals surface area contributed by atoms with Gasteiger partial charge in [-0.1, -0.05) is 36.4 Å². The summed E-state index contributed by atoms with van der Waals surface area (Å²) in [5, 5.41) is 21.7. The fourth-order valence-corrected chi connectivity index (χ4v) is 3.28. The summed E-state index contributed by atoms with van der Waals surface area (Å²) in [5.74, 6) is -2.28. The van der Waals surface area contributed by atoms with E-state index in [1.54, 1.807) is 42.5 Å². The number of carboxylic acids is 1. The number of nitro benzene ring substituents is 1. The van der Waals surface area contributed by atoms with Crippen LogP contribution in [0.1, 0.15) is 21.5 Å². The van der Waals surface area contributed by atoms with Gasteiger partial charge in [-0.3, -0.25) is 25.1 Å². The van der Waals surface area contributed by atoms with Gasteiger partial charge in [0.15, 0.2) is 5.75 Å². The summed E-state index contributed by atoms with van der Waals surface area (Å²) in [6, 6.07) is 18.5. The van der Waals surface area contributed by atoms with Crippen molar-refractivity contribution in [2.45, 2.75) is 6.61 Å². The van der Waals surface area contributed by atoms with Crippen LogP contribution in [0, 0.1) is 10.1 Å². The van der Waals surface area contributed by atoms with E-state index in [4.69, 9.17) is 9.84 Å². The Labute approximate surface area is 192 Å². The van der Waals surface area contributed by atoms with Gasteiger partial charge in [-0.25, -0.2) is 9.80 Å². The van der Waals surface area contributed by atoms with E-state index in [0.717, 1.165) is 5.01 Å². The zero-order valence-electron chi connectivity index (χ0n) is 17.5. The standard InChI is InChI=1S/C24H17N3O7/c28-22-19(23(29)26(25-22)18-4-2-1-3-5-18)12-16-8-11-21(20(13-16)27(32)33)34-14-15-6-9-17(10-7-15)24(30)31/h1-13H,14H2,(H,25,28)(H,30,31). The van der Waals surface area contributed by atoms with Crippen LogP contribution in [0.3, 0.4) is 0 Å². The molecule has 0 atom stereocenters. The number of rotatable bonds is 7. The fourth-order valence-electron chi connectivity index (χ4n) is 3.28. The molecule has 10 nitrogen and oxygen atoms in total. The second-order valence-corrected chi connectivity index (χ2v) is 7.25. The van der Waals surface area contributed by atoms with Crippen molar-refractivity contribution in [3.8, 4) is 5.75 Å². The third-order valence-electron chi connectivity index (χ3n) is 4.99. The molecular weight excluding hydrogens is 442 g/mol. The molecule has 0 saturated carbocycles. The number of nitrogens with zero attached hydrogens (tertiary/aromatic N) is 2. The van der Waals surface area contributed by atoms with Gasteiger partial charge in [0.2, 0.25) is 0 Å². The first-order valence-electron chi connectivity index (χ1n) is 9.99. The van der Waals surface area contributed by atoms with E-state index in [0.29, 0.717) is 11.3 Å². The second-order valence-electron chi connectivity index (χ2n) is 7.25. The molecule has 1 fully saturated rings. The van der Waals surface area contributed by atoms with Gasteiger partial charge in [0.25, 0.3) is 11.8 Å². The summed E-state index contributed by atoms with van der Waals surface area (Å²) in [7, 11) is 0. The van der Waals surface area contributed by atoms with Crippen LogP contribution in [0.5, 0.6) is 5.75 Å². The monoisotopic (exact) mass is 459 g/mol. The van der Waals surface area contributed by atoms with Crippen LogP contribution in [0.4, 0.5) is 11.4 Å². The molecule has 34 heavy (non-hydrogen) atoms. The fraction of sp³-hybridized carbons (Fsp3) is 0.0417. The molecule has 2 amide bonds. The van der Waals surface area contributed by atoms with Crippen LogP contribution in [0.2, 0.25) is 0 Å². The smallest absolute Gasteiger partial charge is 0.335 e. The summed E-state index contributed by atoms with van der Waals surface area (Å²) in [5.41, 5.74) is 3.46. The largest absolute Gasteiger partial charge is 0.482 e. The number of hydrazine groups is 1. The molecule has 1 aliphatic rings. The van der Waals surface area contributed by atoms with Crippen LogP contribution in [-0.2, 0) is 16.2 Å². The van der Waals surface area contributed by atoms with Crippen LogP contribution in [0.25, 0.3) is 6.08 Å². The number of nitrogens with one attached hydrogen (secondary N) is 1. The van der Waals surface area contributed by atoms with Crippen molar-refractivity contribution >= 4 is 35.2 Å². The number of hydrogen-bond acceptors (Lipinski definition) is 6. The molecule has 10 heteroatoms. The number of benzene rings is 3. The zero-order valence-corrected chi connectivity index (χ0v) is 17.5. The quantitative estimate of drug-likeness (QED) is 0.239. The maximum Gasteiger partial charge on any atom is 0.335 e. The van der Waals surface area contributed by atoms with E-state index in [1.165, 1.54) is 36.4 Å². The minimum absolute atomic E-state index is 0.0115. The van der Waals surface area contributed by atoms with Gasteiger partial charge in [0, 0.05) is 6.07 Å². The Morgan fingerprint density at radius 2 is 1.76 bits per heavy atom. The van der Waals surface area contributed by atoms with Crippen molar-refractivity contribution < 1.29 is 29.2 Å². The van der Waals surface area contributed by atoms with E-state index in [2.05, 4.69) is 5.43 Å². The average Bonchev–Trinajstić information content (AvgIpc) is 3.12. The number of nitro groups is 1. The molecular formula is C24H17N3O7. The predicted octanol–water partition coefficient (Wildman–Crippen LogP) is 3.33. The third-order valence-corrected chi connectivity index (χ3v) is 4.99. The lowest BCUT2D eigenvalue weighted by molar-refractivity contribution is -0.386. The molecule has 0 aliphatic carbocycles. The van der Waals surface area contributed by atoms with Crippen molar-refractivity contribution in [3.05, 3.63) is 105 Å². The third kappa shape index (κ3) is 4.60. The highest BCUT2D eigenvalue weighted by Crippen LogP contribution is 2.30. The SMILES string of the molecule is O=C1NN(c2ccccc2)C(=O)C1=Cc1ccc(OCc2ccc(C(=O)O)cc2)c([N+](=O)[O-])c1. The lowest BCUT2D eigenvalue weighted by Gasteiger charge is -2.13. The van der Waals surface area contributed by atoms with Crippen LogP contribution in [-0.4, -0.2) is 27.8 Å². The number of amides is 2. The van der Waals surface area contributed by atoms with Crippen molar-refractivity contribution in [1.82, 2.24) is 5.43 Å². The molecule has 0 radical (unpaired) electrons. The lowest BCUT2D eigenvalue weighted by Crippen LogP contribution is -2.35. The highest BCUT2D eigenvalue weighted by atomic mass is 16.6. The van der Waals surface area contributed by atoms with E-state index in [1.807, 2.05) is 0 Å². The number of carboxylic acid groups (broad SMARTS) is 1. The Kier molecular flexibility index (Phi) is 6.04. The first-order valence-corrected chi connectivity index (χ1v) is 9.99. The molecule has 4 rings (SSSR count). The van der Waals surface area contributed by atoms with E-state index in [9.17, 15) is 24.5 Å². The van der Waals surface area contributed by atoms with E-state index < -0.39 is 22.7 Å². The molecule has 170 valence electrons. The van der Waals surface area contributed by atoms with Gasteiger partial charge in [-0.2, -0.15) is 0 Å². The van der Waals surface area contributed by atoms with Gasteiger partial charge < -0.3 is 9.84 Å². The summed E-state index contributed by atoms with van der Waals surface area (Å²) < 4.78 is 5.56. The van der Waals surface area contributed by atoms with Gasteiger partial charge in [-0.05, 0) is 47.5 Å². The van der Waals surface area contributed by atoms with E-state index >= 15 is 0 Å². The predicted molar refractivity (Wildman–Crippen MR) is 121 cm³/mol. The number of para-hydroxylation sites is 1. The van der Waals surface area contributed by atoms with Crippen molar-refractivity contribution in [2.24, 2.45) is 0 Å². The normalized spacial score (nSPS) is 14.2. The summed E-state index contributed by atoms with van der Waals surface area (Å²) in [6.07, 6.45) is 1.28. The minimum Gasteiger partial charge on any atom is -0.482 e.